The van der Waals surface area contributed by atoms with E-state index in [4.69, 9.17) is 5.73 Å². The number of nitrogens with zero attached hydrogens (tertiary/aromatic N) is 3. The largest absolute Gasteiger partial charge is 0.367 e. The minimum absolute atomic E-state index is 0.00749. The molecule has 3 amide bonds. The topological polar surface area (TPSA) is 129 Å². The Morgan fingerprint density at radius 2 is 1.96 bits per heavy atom. The highest BCUT2D eigenvalue weighted by atomic mass is 16.2. The third-order valence-electron chi connectivity index (χ3n) is 4.23. The summed E-state index contributed by atoms with van der Waals surface area (Å²) in [6.07, 6.45) is 4.42. The van der Waals surface area contributed by atoms with Gasteiger partial charge < -0.3 is 21.3 Å². The Bertz CT molecular complexity index is 766. The van der Waals surface area contributed by atoms with Crippen LogP contribution in [0.4, 0.5) is 16.4 Å². The molecule has 1 aliphatic heterocycles. The lowest BCUT2D eigenvalue weighted by molar-refractivity contribution is 0.0761. The summed E-state index contributed by atoms with van der Waals surface area (Å²) in [4.78, 5) is 30.5. The number of anilines is 2. The Morgan fingerprint density at radius 1 is 1.19 bits per heavy atom. The highest BCUT2D eigenvalue weighted by Gasteiger charge is 2.17. The number of nitrogen functional groups attached to an aromatic ring is 1. The van der Waals surface area contributed by atoms with Crippen molar-refractivity contribution in [3.05, 3.63) is 35.7 Å². The highest BCUT2D eigenvalue weighted by Crippen LogP contribution is 2.16. The zero-order chi connectivity index (χ0) is 18.4. The number of hydrogen-bond donors (Lipinski definition) is 4. The van der Waals surface area contributed by atoms with Crippen LogP contribution in [0.3, 0.4) is 0 Å². The van der Waals surface area contributed by atoms with E-state index in [1.165, 1.54) is 12.8 Å². The second-order valence-corrected chi connectivity index (χ2v) is 6.24. The first-order chi connectivity index (χ1) is 12.6. The van der Waals surface area contributed by atoms with E-state index >= 15 is 0 Å². The lowest BCUT2D eigenvalue weighted by Crippen LogP contribution is -2.32. The molecule has 0 atom stereocenters. The summed E-state index contributed by atoms with van der Waals surface area (Å²) in [5.41, 5.74) is 6.54. The number of aromatic amines is 1. The van der Waals surface area contributed by atoms with E-state index in [0.29, 0.717) is 17.1 Å². The molecular formula is C17H23N7O2. The number of nitrogens with two attached hydrogens (primary N) is 1. The zero-order valence-corrected chi connectivity index (χ0v) is 14.5. The van der Waals surface area contributed by atoms with Crippen molar-refractivity contribution >= 4 is 23.6 Å². The van der Waals surface area contributed by atoms with Crippen molar-refractivity contribution in [3.8, 4) is 0 Å². The van der Waals surface area contributed by atoms with Crippen molar-refractivity contribution in [1.82, 2.24) is 25.4 Å². The van der Waals surface area contributed by atoms with Gasteiger partial charge in [-0.3, -0.25) is 9.89 Å². The van der Waals surface area contributed by atoms with Gasteiger partial charge in [-0.15, -0.1) is 5.10 Å². The molecular weight excluding hydrogens is 334 g/mol. The number of benzene rings is 1. The van der Waals surface area contributed by atoms with Crippen LogP contribution < -0.4 is 16.4 Å². The molecule has 3 rings (SSSR count). The maximum absolute atomic E-state index is 12.7. The van der Waals surface area contributed by atoms with Gasteiger partial charge in [-0.2, -0.15) is 4.98 Å². The molecule has 0 spiro atoms. The molecule has 5 N–H and O–H groups in total. The fourth-order valence-corrected chi connectivity index (χ4v) is 2.91. The number of hydrogen-bond acceptors (Lipinski definition) is 5. The van der Waals surface area contributed by atoms with Crippen molar-refractivity contribution in [2.24, 2.45) is 0 Å². The normalized spacial score (nSPS) is 14.5. The fourth-order valence-electron chi connectivity index (χ4n) is 2.91. The summed E-state index contributed by atoms with van der Waals surface area (Å²) in [5, 5.41) is 11.7. The molecule has 0 radical (unpaired) electrons. The summed E-state index contributed by atoms with van der Waals surface area (Å²) >= 11 is 0. The van der Waals surface area contributed by atoms with Crippen molar-refractivity contribution in [2.75, 3.05) is 24.1 Å². The molecule has 0 unspecified atom stereocenters. The van der Waals surface area contributed by atoms with Gasteiger partial charge in [0.15, 0.2) is 0 Å². The van der Waals surface area contributed by atoms with E-state index in [2.05, 4.69) is 25.8 Å². The van der Waals surface area contributed by atoms with Gasteiger partial charge in [0, 0.05) is 24.3 Å². The molecule has 138 valence electrons. The van der Waals surface area contributed by atoms with Crippen molar-refractivity contribution in [1.29, 1.82) is 0 Å². The number of likely N-dealkylation sites (tertiary alicyclic amines) is 1. The van der Waals surface area contributed by atoms with Gasteiger partial charge in [-0.25, -0.2) is 4.79 Å². The molecule has 9 heteroatoms. The van der Waals surface area contributed by atoms with Crippen molar-refractivity contribution < 1.29 is 9.59 Å². The van der Waals surface area contributed by atoms with Gasteiger partial charge in [-0.05, 0) is 31.0 Å². The van der Waals surface area contributed by atoms with Crippen LogP contribution >= 0.6 is 0 Å². The highest BCUT2D eigenvalue weighted by molar-refractivity contribution is 5.96. The van der Waals surface area contributed by atoms with Crippen LogP contribution in [0.15, 0.2) is 24.3 Å². The van der Waals surface area contributed by atoms with E-state index in [-0.39, 0.29) is 18.4 Å². The average molecular weight is 357 g/mol. The smallest absolute Gasteiger partial charge is 0.319 e. The first-order valence-corrected chi connectivity index (χ1v) is 8.73. The monoisotopic (exact) mass is 357 g/mol. The third kappa shape index (κ3) is 4.71. The van der Waals surface area contributed by atoms with Crippen molar-refractivity contribution in [3.63, 3.8) is 0 Å². The standard InChI is InChI=1S/C17H23N7O2/c18-16-21-14(22-23-16)11-19-17(26)20-13-7-5-6-12(10-13)15(25)24-8-3-1-2-4-9-24/h5-7,10H,1-4,8-9,11H2,(H2,19,20,26)(H3,18,21,22,23). The van der Waals surface area contributed by atoms with Crippen LogP contribution in [0, 0.1) is 0 Å². The first-order valence-electron chi connectivity index (χ1n) is 8.73. The van der Waals surface area contributed by atoms with Gasteiger partial charge in [-0.1, -0.05) is 18.9 Å². The van der Waals surface area contributed by atoms with Gasteiger partial charge in [0.1, 0.15) is 5.82 Å². The molecule has 0 bridgehead atoms. The predicted octanol–water partition coefficient (Wildman–Crippen LogP) is 1.72. The second-order valence-electron chi connectivity index (χ2n) is 6.24. The SMILES string of the molecule is Nc1n[nH]c(CNC(=O)Nc2cccc(C(=O)N3CCCCCC3)c2)n1. The quantitative estimate of drug-likeness (QED) is 0.662. The predicted molar refractivity (Wildman–Crippen MR) is 97.5 cm³/mol. The molecule has 2 heterocycles. The van der Waals surface area contributed by atoms with Gasteiger partial charge >= 0.3 is 6.03 Å². The summed E-state index contributed by atoms with van der Waals surface area (Å²) in [6.45, 7) is 1.75. The zero-order valence-electron chi connectivity index (χ0n) is 14.5. The summed E-state index contributed by atoms with van der Waals surface area (Å²) in [6, 6.07) is 6.56. The van der Waals surface area contributed by atoms with E-state index in [9.17, 15) is 9.59 Å². The maximum Gasteiger partial charge on any atom is 0.319 e. The minimum atomic E-state index is -0.403. The third-order valence-corrected chi connectivity index (χ3v) is 4.23. The van der Waals surface area contributed by atoms with Crippen LogP contribution in [-0.4, -0.2) is 45.1 Å². The lowest BCUT2D eigenvalue weighted by Gasteiger charge is -2.20. The molecule has 0 aliphatic carbocycles. The lowest BCUT2D eigenvalue weighted by atomic mass is 10.1. The Labute approximate surface area is 151 Å². The number of nitrogens with one attached hydrogen (secondary N) is 3. The Kier molecular flexibility index (Phi) is 5.67. The van der Waals surface area contributed by atoms with Gasteiger partial charge in [0.25, 0.3) is 5.91 Å². The molecule has 2 aromatic rings. The molecule has 1 aromatic carbocycles. The Balaban J connectivity index is 1.57. The molecule has 26 heavy (non-hydrogen) atoms. The minimum Gasteiger partial charge on any atom is -0.367 e. The number of carbonyl (C=O) groups is 2. The molecule has 1 aliphatic rings. The summed E-state index contributed by atoms with van der Waals surface area (Å²) < 4.78 is 0. The Morgan fingerprint density at radius 3 is 2.65 bits per heavy atom. The number of urea groups is 1. The van der Waals surface area contributed by atoms with Crippen molar-refractivity contribution in [2.45, 2.75) is 32.2 Å². The van der Waals surface area contributed by atoms with Crippen LogP contribution in [0.5, 0.6) is 0 Å². The molecule has 1 fully saturated rings. The maximum atomic E-state index is 12.7. The number of aromatic nitrogens is 3. The Hall–Kier alpha value is -3.10. The van der Waals surface area contributed by atoms with Crippen LogP contribution in [-0.2, 0) is 6.54 Å². The molecule has 0 saturated carbocycles. The van der Waals surface area contributed by atoms with E-state index in [0.717, 1.165) is 25.9 Å². The summed E-state index contributed by atoms with van der Waals surface area (Å²) in [5.74, 6) is 0.595. The average Bonchev–Trinajstić information content (AvgIpc) is 2.88. The van der Waals surface area contributed by atoms with Crippen LogP contribution in [0.1, 0.15) is 41.9 Å². The number of carbonyl (C=O) groups excluding carboxylic acids is 2. The van der Waals surface area contributed by atoms with E-state index < -0.39 is 6.03 Å². The van der Waals surface area contributed by atoms with E-state index in [1.54, 1.807) is 24.3 Å². The number of rotatable bonds is 4. The van der Waals surface area contributed by atoms with Crippen LogP contribution in [0.25, 0.3) is 0 Å². The molecule has 1 saturated heterocycles. The number of H-pyrrole nitrogens is 1. The number of amides is 3. The molecule has 9 nitrogen and oxygen atoms in total. The van der Waals surface area contributed by atoms with Crippen LogP contribution in [0.2, 0.25) is 0 Å². The van der Waals surface area contributed by atoms with Gasteiger partial charge in [0.05, 0.1) is 6.54 Å². The second kappa shape index (κ2) is 8.32. The summed E-state index contributed by atoms with van der Waals surface area (Å²) in [7, 11) is 0. The first kappa shape index (κ1) is 17.7. The fraction of sp³-hybridized carbons (Fsp3) is 0.412. The van der Waals surface area contributed by atoms with Gasteiger partial charge in [0.2, 0.25) is 5.95 Å². The van der Waals surface area contributed by atoms with E-state index in [1.807, 2.05) is 4.90 Å². The molecule has 1 aromatic heterocycles.